The molecule has 25 heavy (non-hydrogen) atoms. The summed E-state index contributed by atoms with van der Waals surface area (Å²) in [5.74, 6) is 0.194. The first-order valence-corrected chi connectivity index (χ1v) is 9.53. The second-order valence-corrected chi connectivity index (χ2v) is 6.32. The lowest BCUT2D eigenvalue weighted by molar-refractivity contribution is -0.169. The molecule has 0 saturated heterocycles. The molecule has 1 rings (SSSR count). The SMILES string of the molecule is CCCC[C@H](CC(=O)C(OCC)OCC)[C@H](C)OCc1ccccc1. The number of carbonyl (C=O) groups excluding carboxylic acids is 1. The van der Waals surface area contributed by atoms with Crippen LogP contribution in [0, 0.1) is 5.92 Å². The summed E-state index contributed by atoms with van der Waals surface area (Å²) >= 11 is 0. The number of benzene rings is 1. The largest absolute Gasteiger partial charge is 0.374 e. The van der Waals surface area contributed by atoms with Crippen LogP contribution in [0.4, 0.5) is 0 Å². The molecule has 0 radical (unpaired) electrons. The van der Waals surface area contributed by atoms with Crippen molar-refractivity contribution >= 4 is 5.78 Å². The van der Waals surface area contributed by atoms with Crippen LogP contribution in [0.15, 0.2) is 30.3 Å². The van der Waals surface area contributed by atoms with Crippen molar-refractivity contribution in [3.63, 3.8) is 0 Å². The van der Waals surface area contributed by atoms with Gasteiger partial charge in [0.25, 0.3) is 0 Å². The quantitative estimate of drug-likeness (QED) is 0.454. The normalized spacial score (nSPS) is 13.8. The molecule has 0 saturated carbocycles. The van der Waals surface area contributed by atoms with Crippen LogP contribution in [0.1, 0.15) is 58.9 Å². The molecule has 0 heterocycles. The first kappa shape index (κ1) is 21.8. The van der Waals surface area contributed by atoms with E-state index in [9.17, 15) is 4.79 Å². The number of hydrogen-bond donors (Lipinski definition) is 0. The van der Waals surface area contributed by atoms with E-state index in [1.54, 1.807) is 0 Å². The highest BCUT2D eigenvalue weighted by Crippen LogP contribution is 2.22. The van der Waals surface area contributed by atoms with Gasteiger partial charge < -0.3 is 14.2 Å². The first-order valence-electron chi connectivity index (χ1n) is 9.53. The molecule has 1 aromatic rings. The molecule has 0 unspecified atom stereocenters. The van der Waals surface area contributed by atoms with E-state index in [4.69, 9.17) is 14.2 Å². The van der Waals surface area contributed by atoms with E-state index in [1.165, 1.54) is 0 Å². The third-order valence-electron chi connectivity index (χ3n) is 4.31. The average Bonchev–Trinajstić information content (AvgIpc) is 2.63. The van der Waals surface area contributed by atoms with E-state index in [0.29, 0.717) is 26.2 Å². The van der Waals surface area contributed by atoms with Crippen LogP contribution < -0.4 is 0 Å². The molecule has 0 aliphatic heterocycles. The highest BCUT2D eigenvalue weighted by atomic mass is 16.7. The van der Waals surface area contributed by atoms with Crippen molar-refractivity contribution < 1.29 is 19.0 Å². The van der Waals surface area contributed by atoms with Crippen molar-refractivity contribution in [1.29, 1.82) is 0 Å². The zero-order valence-electron chi connectivity index (χ0n) is 16.2. The molecule has 0 aliphatic rings. The molecule has 0 aromatic heterocycles. The zero-order valence-corrected chi connectivity index (χ0v) is 16.2. The Morgan fingerprint density at radius 1 is 1.00 bits per heavy atom. The van der Waals surface area contributed by atoms with E-state index in [0.717, 1.165) is 24.8 Å². The highest BCUT2D eigenvalue weighted by molar-refractivity contribution is 5.82. The highest BCUT2D eigenvalue weighted by Gasteiger charge is 2.26. The number of rotatable bonds is 14. The Hall–Kier alpha value is -1.23. The monoisotopic (exact) mass is 350 g/mol. The van der Waals surface area contributed by atoms with Crippen LogP contribution >= 0.6 is 0 Å². The fraction of sp³-hybridized carbons (Fsp3) is 0.667. The lowest BCUT2D eigenvalue weighted by Gasteiger charge is -2.25. The number of ether oxygens (including phenoxy) is 3. The second-order valence-electron chi connectivity index (χ2n) is 6.32. The molecule has 142 valence electrons. The molecule has 4 nitrogen and oxygen atoms in total. The van der Waals surface area contributed by atoms with Crippen molar-refractivity contribution in [1.82, 2.24) is 0 Å². The van der Waals surface area contributed by atoms with Crippen molar-refractivity contribution in [3.8, 4) is 0 Å². The predicted molar refractivity (Wildman–Crippen MR) is 100 cm³/mol. The van der Waals surface area contributed by atoms with Gasteiger partial charge in [0.05, 0.1) is 12.7 Å². The summed E-state index contributed by atoms with van der Waals surface area (Å²) in [6.07, 6.45) is 2.87. The minimum Gasteiger partial charge on any atom is -0.374 e. The molecule has 4 heteroatoms. The second kappa shape index (κ2) is 13.0. The predicted octanol–water partition coefficient (Wildman–Crippen LogP) is 4.76. The molecule has 0 aliphatic carbocycles. The summed E-state index contributed by atoms with van der Waals surface area (Å²) < 4.78 is 16.9. The maximum Gasteiger partial charge on any atom is 0.217 e. The molecule has 2 atom stereocenters. The fourth-order valence-corrected chi connectivity index (χ4v) is 2.80. The number of Topliss-reactive ketones (excluding diaryl/α,β-unsaturated/α-hetero) is 1. The van der Waals surface area contributed by atoms with E-state index >= 15 is 0 Å². The van der Waals surface area contributed by atoms with Crippen LogP contribution in [0.5, 0.6) is 0 Å². The van der Waals surface area contributed by atoms with Gasteiger partial charge in [-0.15, -0.1) is 0 Å². The fourth-order valence-electron chi connectivity index (χ4n) is 2.80. The molecule has 1 aromatic carbocycles. The smallest absolute Gasteiger partial charge is 0.217 e. The molecule has 0 bridgehead atoms. The third-order valence-corrected chi connectivity index (χ3v) is 4.31. The number of carbonyl (C=O) groups is 1. The van der Waals surface area contributed by atoms with E-state index in [-0.39, 0.29) is 17.8 Å². The average molecular weight is 350 g/mol. The lowest BCUT2D eigenvalue weighted by Crippen LogP contribution is -2.32. The van der Waals surface area contributed by atoms with Gasteiger partial charge in [0.1, 0.15) is 0 Å². The lowest BCUT2D eigenvalue weighted by atomic mass is 9.91. The maximum atomic E-state index is 12.6. The summed E-state index contributed by atoms with van der Waals surface area (Å²) in [4.78, 5) is 12.6. The molecule has 0 spiro atoms. The summed E-state index contributed by atoms with van der Waals surface area (Å²) in [6.45, 7) is 9.48. The van der Waals surface area contributed by atoms with Gasteiger partial charge in [0.15, 0.2) is 5.78 Å². The number of hydrogen-bond acceptors (Lipinski definition) is 4. The Balaban J connectivity index is 2.62. The van der Waals surface area contributed by atoms with E-state index < -0.39 is 6.29 Å². The Morgan fingerprint density at radius 3 is 2.20 bits per heavy atom. The van der Waals surface area contributed by atoms with Gasteiger partial charge in [-0.25, -0.2) is 0 Å². The number of unbranched alkanes of at least 4 members (excludes halogenated alkanes) is 1. The number of ketones is 1. The zero-order chi connectivity index (χ0) is 18.5. The Morgan fingerprint density at radius 2 is 1.64 bits per heavy atom. The Labute approximate surface area is 152 Å². The van der Waals surface area contributed by atoms with Gasteiger partial charge >= 0.3 is 0 Å². The molecular weight excluding hydrogens is 316 g/mol. The van der Waals surface area contributed by atoms with Crippen LogP contribution in [-0.2, 0) is 25.6 Å². The summed E-state index contributed by atoms with van der Waals surface area (Å²) in [6, 6.07) is 10.1. The van der Waals surface area contributed by atoms with Gasteiger partial charge in [-0.3, -0.25) is 4.79 Å². The van der Waals surface area contributed by atoms with E-state index in [1.807, 2.05) is 32.0 Å². The summed E-state index contributed by atoms with van der Waals surface area (Å²) in [5.41, 5.74) is 1.15. The Kier molecular flexibility index (Phi) is 11.4. The molecule has 0 amide bonds. The van der Waals surface area contributed by atoms with Gasteiger partial charge in [0, 0.05) is 19.6 Å². The minimum absolute atomic E-state index is 0.0135. The van der Waals surface area contributed by atoms with Gasteiger partial charge in [-0.1, -0.05) is 50.1 Å². The van der Waals surface area contributed by atoms with Crippen molar-refractivity contribution in [2.75, 3.05) is 13.2 Å². The van der Waals surface area contributed by atoms with Gasteiger partial charge in [-0.05, 0) is 38.7 Å². The van der Waals surface area contributed by atoms with E-state index in [2.05, 4.69) is 26.0 Å². The molecule has 0 fully saturated rings. The molecular formula is C21H34O4. The van der Waals surface area contributed by atoms with Crippen molar-refractivity contribution in [2.45, 2.75) is 72.4 Å². The Bertz CT molecular complexity index is 454. The first-order chi connectivity index (χ1) is 12.1. The van der Waals surface area contributed by atoms with Crippen LogP contribution in [0.2, 0.25) is 0 Å². The summed E-state index contributed by atoms with van der Waals surface area (Å²) in [7, 11) is 0. The van der Waals surface area contributed by atoms with Crippen LogP contribution in [0.3, 0.4) is 0 Å². The van der Waals surface area contributed by atoms with Gasteiger partial charge in [-0.2, -0.15) is 0 Å². The van der Waals surface area contributed by atoms with Crippen LogP contribution in [-0.4, -0.2) is 31.4 Å². The van der Waals surface area contributed by atoms with Crippen LogP contribution in [0.25, 0.3) is 0 Å². The standard InChI is InChI=1S/C21H34O4/c1-5-8-14-19(15-20(22)21(23-6-2)24-7-3)17(4)25-16-18-12-10-9-11-13-18/h9-13,17,19,21H,5-8,14-16H2,1-4H3/t17-,19+/m0/s1. The van der Waals surface area contributed by atoms with Crippen molar-refractivity contribution in [3.05, 3.63) is 35.9 Å². The minimum atomic E-state index is -0.750. The summed E-state index contributed by atoms with van der Waals surface area (Å²) in [5, 5.41) is 0. The topological polar surface area (TPSA) is 44.8 Å². The molecule has 0 N–H and O–H groups in total. The third kappa shape index (κ3) is 8.61. The van der Waals surface area contributed by atoms with Gasteiger partial charge in [0.2, 0.25) is 6.29 Å². The maximum absolute atomic E-state index is 12.6. The van der Waals surface area contributed by atoms with Crippen molar-refractivity contribution in [2.24, 2.45) is 5.92 Å².